The summed E-state index contributed by atoms with van der Waals surface area (Å²) >= 11 is 0. The molecule has 8 heteroatoms. The van der Waals surface area contributed by atoms with Gasteiger partial charge in [-0.25, -0.2) is 13.6 Å². The monoisotopic (exact) mass is 541 g/mol. The fourth-order valence-electron chi connectivity index (χ4n) is 5.84. The first-order valence-electron chi connectivity index (χ1n) is 14.2. The van der Waals surface area contributed by atoms with E-state index >= 15 is 0 Å². The van der Waals surface area contributed by atoms with Gasteiger partial charge in [0.15, 0.2) is 0 Å². The second kappa shape index (κ2) is 13.6. The van der Waals surface area contributed by atoms with Crippen molar-refractivity contribution in [3.63, 3.8) is 0 Å². The molecule has 0 spiro atoms. The van der Waals surface area contributed by atoms with Gasteiger partial charge in [-0.15, -0.1) is 0 Å². The van der Waals surface area contributed by atoms with Crippen LogP contribution in [0.15, 0.2) is 53.4 Å². The van der Waals surface area contributed by atoms with Gasteiger partial charge in [0.1, 0.15) is 11.5 Å². The summed E-state index contributed by atoms with van der Waals surface area (Å²) < 4.78 is 28.6. The minimum atomic E-state index is -3.72. The maximum absolute atomic E-state index is 13.2. The van der Waals surface area contributed by atoms with Gasteiger partial charge >= 0.3 is 0 Å². The van der Waals surface area contributed by atoms with Crippen LogP contribution in [0.2, 0.25) is 0 Å². The molecule has 4 rings (SSSR count). The molecule has 1 saturated heterocycles. The molecule has 0 aromatic heterocycles. The van der Waals surface area contributed by atoms with Crippen molar-refractivity contribution < 1.29 is 17.9 Å². The zero-order valence-corrected chi connectivity index (χ0v) is 23.4. The van der Waals surface area contributed by atoms with E-state index in [4.69, 9.17) is 9.88 Å². The summed E-state index contributed by atoms with van der Waals surface area (Å²) in [4.78, 5) is 15.7. The number of rotatable bonds is 11. The van der Waals surface area contributed by atoms with Crippen molar-refractivity contribution >= 4 is 15.9 Å². The first kappa shape index (κ1) is 28.6. The highest BCUT2D eigenvalue weighted by Crippen LogP contribution is 2.33. The molecule has 2 aromatic rings. The van der Waals surface area contributed by atoms with Crippen LogP contribution in [-0.4, -0.2) is 38.4 Å². The predicted molar refractivity (Wildman–Crippen MR) is 150 cm³/mol. The Hall–Kier alpha value is -2.42. The van der Waals surface area contributed by atoms with Gasteiger partial charge in [-0.1, -0.05) is 51.2 Å². The first-order valence-corrected chi connectivity index (χ1v) is 15.8. The number of likely N-dealkylation sites (tertiary alicyclic amines) is 1. The Balaban J connectivity index is 1.23. The lowest BCUT2D eigenvalue weighted by Crippen LogP contribution is -2.47. The second-order valence-corrected chi connectivity index (χ2v) is 12.5. The van der Waals surface area contributed by atoms with Gasteiger partial charge in [0.25, 0.3) is 0 Å². The van der Waals surface area contributed by atoms with E-state index in [0.717, 1.165) is 51.7 Å². The van der Waals surface area contributed by atoms with Crippen molar-refractivity contribution in [2.45, 2.75) is 88.6 Å². The molecule has 0 radical (unpaired) electrons. The van der Waals surface area contributed by atoms with Gasteiger partial charge in [0.05, 0.1) is 4.90 Å². The van der Waals surface area contributed by atoms with E-state index in [1.54, 1.807) is 12.1 Å². The van der Waals surface area contributed by atoms with Crippen LogP contribution in [0.25, 0.3) is 0 Å². The number of primary sulfonamides is 1. The van der Waals surface area contributed by atoms with Crippen molar-refractivity contribution in [3.05, 3.63) is 54.1 Å². The molecule has 208 valence electrons. The predicted octanol–water partition coefficient (Wildman–Crippen LogP) is 5.59. The van der Waals surface area contributed by atoms with Gasteiger partial charge in [-0.3, -0.25) is 9.69 Å². The van der Waals surface area contributed by atoms with Crippen LogP contribution in [0.5, 0.6) is 11.5 Å². The molecule has 1 aliphatic heterocycles. The molecule has 1 atom stereocenters. The molecular weight excluding hydrogens is 498 g/mol. The highest BCUT2D eigenvalue weighted by Gasteiger charge is 2.31. The maximum Gasteiger partial charge on any atom is 0.238 e. The molecule has 0 bridgehead atoms. The van der Waals surface area contributed by atoms with Crippen molar-refractivity contribution in [2.75, 3.05) is 13.1 Å². The summed E-state index contributed by atoms with van der Waals surface area (Å²) in [7, 11) is -3.72. The number of sulfonamides is 1. The lowest BCUT2D eigenvalue weighted by molar-refractivity contribution is -0.128. The largest absolute Gasteiger partial charge is 0.457 e. The molecule has 2 aliphatic rings. The lowest BCUT2D eigenvalue weighted by atomic mass is 9.77. The van der Waals surface area contributed by atoms with E-state index < -0.39 is 10.0 Å². The topological polar surface area (TPSA) is 102 Å². The Bertz CT molecular complexity index is 1120. The number of amides is 1. The lowest BCUT2D eigenvalue weighted by Gasteiger charge is -2.35. The van der Waals surface area contributed by atoms with E-state index in [1.807, 2.05) is 12.1 Å². The van der Waals surface area contributed by atoms with Crippen molar-refractivity contribution in [1.29, 1.82) is 0 Å². The average molecular weight is 542 g/mol. The van der Waals surface area contributed by atoms with Crippen molar-refractivity contribution in [3.8, 4) is 11.5 Å². The number of carbonyl (C=O) groups is 1. The fraction of sp³-hybridized carbons (Fsp3) is 0.567. The minimum Gasteiger partial charge on any atom is -0.457 e. The third-order valence-electron chi connectivity index (χ3n) is 8.08. The van der Waals surface area contributed by atoms with E-state index in [2.05, 4.69) is 29.3 Å². The molecule has 1 saturated carbocycles. The number of nitrogens with zero attached hydrogens (tertiary/aromatic N) is 1. The average Bonchev–Trinajstić information content (AvgIpc) is 2.91. The molecule has 7 nitrogen and oxygen atoms in total. The molecule has 1 amide bonds. The van der Waals surface area contributed by atoms with E-state index in [0.29, 0.717) is 23.3 Å². The summed E-state index contributed by atoms with van der Waals surface area (Å²) in [6.45, 7) is 5.03. The van der Waals surface area contributed by atoms with Crippen molar-refractivity contribution in [2.24, 2.45) is 17.0 Å². The van der Waals surface area contributed by atoms with Crippen LogP contribution in [-0.2, 0) is 21.4 Å². The van der Waals surface area contributed by atoms with Crippen LogP contribution in [0.4, 0.5) is 0 Å². The Morgan fingerprint density at radius 2 is 1.58 bits per heavy atom. The number of hydrogen-bond donors (Lipinski definition) is 2. The van der Waals surface area contributed by atoms with Crippen LogP contribution in [0, 0.1) is 11.8 Å². The molecular formula is C30H43N3O4S. The van der Waals surface area contributed by atoms with Crippen LogP contribution < -0.4 is 15.2 Å². The highest BCUT2D eigenvalue weighted by molar-refractivity contribution is 7.89. The smallest absolute Gasteiger partial charge is 0.238 e. The molecule has 2 fully saturated rings. The number of ether oxygens (including phenoxy) is 1. The Labute approximate surface area is 228 Å². The van der Waals surface area contributed by atoms with Crippen LogP contribution in [0.3, 0.4) is 0 Å². The molecule has 2 aromatic carbocycles. The Morgan fingerprint density at radius 3 is 2.16 bits per heavy atom. The maximum atomic E-state index is 13.2. The van der Waals surface area contributed by atoms with Crippen LogP contribution >= 0.6 is 0 Å². The third-order valence-corrected chi connectivity index (χ3v) is 9.01. The normalized spacial score (nSPS) is 18.7. The summed E-state index contributed by atoms with van der Waals surface area (Å²) in [5.41, 5.74) is 1.21. The quantitative estimate of drug-likeness (QED) is 0.386. The number of hydrogen-bond acceptors (Lipinski definition) is 5. The van der Waals surface area contributed by atoms with Gasteiger partial charge in [-0.05, 0) is 80.0 Å². The van der Waals surface area contributed by atoms with E-state index in [1.165, 1.54) is 49.8 Å². The number of piperidine rings is 1. The molecule has 38 heavy (non-hydrogen) atoms. The van der Waals surface area contributed by atoms with E-state index in [9.17, 15) is 13.2 Å². The number of carbonyl (C=O) groups excluding carboxylic acids is 1. The standard InChI is InChI=1S/C30H43N3O4S/c1-2-3-9-29(24-7-5-4-6-8-24)30(34)32-25-18-20-33(21-19-25)22-23-10-12-26(13-11-23)37-27-14-16-28(17-15-27)38(31,35)36/h10-17,24-25,29H,2-9,18-22H2,1H3,(H,32,34)(H2,31,35,36). The summed E-state index contributed by atoms with van der Waals surface area (Å²) in [5, 5.41) is 8.58. The highest BCUT2D eigenvalue weighted by atomic mass is 32.2. The number of nitrogens with one attached hydrogen (secondary N) is 1. The minimum absolute atomic E-state index is 0.0593. The molecule has 3 N–H and O–H groups in total. The van der Waals surface area contributed by atoms with Crippen LogP contribution in [0.1, 0.15) is 76.7 Å². The number of nitrogens with two attached hydrogens (primary N) is 1. The second-order valence-electron chi connectivity index (χ2n) is 11.0. The summed E-state index contributed by atoms with van der Waals surface area (Å²) in [6, 6.07) is 14.3. The number of unbranched alkanes of at least 4 members (excludes halogenated alkanes) is 1. The van der Waals surface area contributed by atoms with Gasteiger partial charge in [-0.2, -0.15) is 0 Å². The van der Waals surface area contributed by atoms with Gasteiger partial charge < -0.3 is 10.1 Å². The van der Waals surface area contributed by atoms with Crippen molar-refractivity contribution in [1.82, 2.24) is 10.2 Å². The molecule has 1 unspecified atom stereocenters. The third kappa shape index (κ3) is 8.29. The fourth-order valence-corrected chi connectivity index (χ4v) is 6.36. The van der Waals surface area contributed by atoms with E-state index in [-0.39, 0.29) is 16.9 Å². The summed E-state index contributed by atoms with van der Waals surface area (Å²) in [6.07, 6.45) is 11.6. The molecule has 1 heterocycles. The Kier molecular flexibility index (Phi) is 10.2. The summed E-state index contributed by atoms with van der Waals surface area (Å²) in [5.74, 6) is 2.31. The zero-order valence-electron chi connectivity index (χ0n) is 22.6. The zero-order chi connectivity index (χ0) is 27.0. The van der Waals surface area contributed by atoms with Gasteiger partial charge in [0.2, 0.25) is 15.9 Å². The van der Waals surface area contributed by atoms with Gasteiger partial charge in [0, 0.05) is 31.6 Å². The molecule has 1 aliphatic carbocycles. The Morgan fingerprint density at radius 1 is 0.974 bits per heavy atom. The first-order chi connectivity index (χ1) is 18.3. The number of benzene rings is 2. The SMILES string of the molecule is CCCCC(C(=O)NC1CCN(Cc2ccc(Oc3ccc(S(N)(=O)=O)cc3)cc2)CC1)C1CCCCC1.